The summed E-state index contributed by atoms with van der Waals surface area (Å²) in [7, 11) is 0. The molecule has 232 valence electrons. The van der Waals surface area contributed by atoms with Gasteiger partial charge in [-0.1, -0.05) is 88.7 Å². The van der Waals surface area contributed by atoms with Crippen molar-refractivity contribution in [3.63, 3.8) is 0 Å². The van der Waals surface area contributed by atoms with Gasteiger partial charge in [0.05, 0.1) is 11.4 Å². The van der Waals surface area contributed by atoms with Crippen molar-refractivity contribution in [1.82, 2.24) is 10.3 Å². The largest absolute Gasteiger partial charge is 0.321 e. The number of aromatic nitrogens is 1. The van der Waals surface area contributed by atoms with E-state index in [0.29, 0.717) is 16.4 Å². The van der Waals surface area contributed by atoms with Crippen molar-refractivity contribution in [3.05, 3.63) is 148 Å². The first-order chi connectivity index (χ1) is 22.9. The zero-order valence-corrected chi connectivity index (χ0v) is 28.0. The normalized spacial score (nSPS) is 11.2. The van der Waals surface area contributed by atoms with E-state index in [1.54, 1.807) is 48.5 Å². The van der Waals surface area contributed by atoms with Gasteiger partial charge in [0.25, 0.3) is 11.8 Å². The van der Waals surface area contributed by atoms with E-state index < -0.39 is 11.8 Å². The van der Waals surface area contributed by atoms with Crippen LogP contribution in [-0.4, -0.2) is 28.5 Å². The van der Waals surface area contributed by atoms with Gasteiger partial charge in [-0.3, -0.25) is 14.4 Å². The minimum absolute atomic E-state index is 0.0881. The Labute approximate surface area is 288 Å². The molecule has 0 aliphatic carbocycles. The van der Waals surface area contributed by atoms with Crippen molar-refractivity contribution < 1.29 is 14.4 Å². The number of rotatable bonds is 10. The Bertz CT molecular complexity index is 2100. The van der Waals surface area contributed by atoms with Crippen molar-refractivity contribution >= 4 is 84.4 Å². The summed E-state index contributed by atoms with van der Waals surface area (Å²) in [6.07, 6.45) is 1.62. The minimum atomic E-state index is -0.483. The average Bonchev–Trinajstić information content (AvgIpc) is 3.56. The Morgan fingerprint density at radius 1 is 0.787 bits per heavy atom. The van der Waals surface area contributed by atoms with E-state index >= 15 is 0 Å². The first-order valence-corrected chi connectivity index (χ1v) is 17.2. The maximum absolute atomic E-state index is 13.4. The molecule has 0 aliphatic rings. The van der Waals surface area contributed by atoms with Gasteiger partial charge in [0.1, 0.15) is 5.70 Å². The highest BCUT2D eigenvalue weighted by Crippen LogP contribution is 2.28. The quantitative estimate of drug-likeness (QED) is 0.0971. The van der Waals surface area contributed by atoms with Gasteiger partial charge in [0.2, 0.25) is 5.91 Å². The molecule has 0 bridgehead atoms. The van der Waals surface area contributed by atoms with Crippen LogP contribution in [0.3, 0.4) is 0 Å². The molecule has 6 rings (SSSR count). The molecule has 0 saturated heterocycles. The van der Waals surface area contributed by atoms with E-state index in [4.69, 9.17) is 0 Å². The number of carbonyl (C=O) groups is 3. The molecule has 0 spiro atoms. The number of thioether (sulfide) groups is 1. The summed E-state index contributed by atoms with van der Waals surface area (Å²) >= 11 is 6.13. The van der Waals surface area contributed by atoms with Crippen LogP contribution in [0.25, 0.3) is 28.1 Å². The summed E-state index contributed by atoms with van der Waals surface area (Å²) in [6, 6.07) is 37.6. The number of nitrogens with one attached hydrogen (secondary N) is 3. The lowest BCUT2D eigenvalue weighted by Crippen LogP contribution is -2.30. The Morgan fingerprint density at radius 3 is 2.36 bits per heavy atom. The number of carbonyl (C=O) groups excluding carboxylic acids is 3. The number of halogens is 1. The van der Waals surface area contributed by atoms with Gasteiger partial charge in [-0.05, 0) is 70.9 Å². The lowest BCUT2D eigenvalue weighted by atomic mass is 10.1. The molecule has 10 heteroatoms. The second kappa shape index (κ2) is 15.0. The summed E-state index contributed by atoms with van der Waals surface area (Å²) in [5.41, 5.74) is 3.58. The fraction of sp³-hybridized carbons (Fsp3) is 0.0270. The van der Waals surface area contributed by atoms with Crippen molar-refractivity contribution in [3.8, 4) is 11.3 Å². The van der Waals surface area contributed by atoms with Crippen LogP contribution >= 0.6 is 39.0 Å². The van der Waals surface area contributed by atoms with Crippen molar-refractivity contribution in [2.45, 2.75) is 4.90 Å². The third-order valence-corrected chi connectivity index (χ3v) is 9.25. The van der Waals surface area contributed by atoms with E-state index in [9.17, 15) is 14.4 Å². The second-order valence-electron chi connectivity index (χ2n) is 10.3. The number of hydrogen-bond acceptors (Lipinski definition) is 6. The lowest BCUT2D eigenvalue weighted by Gasteiger charge is -2.12. The lowest BCUT2D eigenvalue weighted by molar-refractivity contribution is -0.114. The van der Waals surface area contributed by atoms with E-state index in [0.717, 1.165) is 37.0 Å². The van der Waals surface area contributed by atoms with Crippen LogP contribution in [0.1, 0.15) is 15.9 Å². The summed E-state index contributed by atoms with van der Waals surface area (Å²) in [6.45, 7) is 0. The third-order valence-electron chi connectivity index (χ3n) is 6.97. The van der Waals surface area contributed by atoms with Gasteiger partial charge in [-0.2, -0.15) is 0 Å². The number of anilines is 2. The predicted molar refractivity (Wildman–Crippen MR) is 196 cm³/mol. The monoisotopic (exact) mass is 718 g/mol. The van der Waals surface area contributed by atoms with Gasteiger partial charge < -0.3 is 16.0 Å². The molecule has 0 unspecified atom stereocenters. The molecule has 0 fully saturated rings. The van der Waals surface area contributed by atoms with Crippen LogP contribution in [0, 0.1) is 0 Å². The summed E-state index contributed by atoms with van der Waals surface area (Å²) in [4.78, 5) is 44.5. The SMILES string of the molecule is O=C(CSc1cccc(NC(=O)/C(=C/c2ccc(Br)cc2)NC(=O)c2ccccc2)c1)Nc1nc(-c2ccc3ccccc3c2)cs1. The molecule has 5 aromatic carbocycles. The molecule has 0 radical (unpaired) electrons. The molecule has 0 aliphatic heterocycles. The summed E-state index contributed by atoms with van der Waals surface area (Å²) < 4.78 is 0.898. The predicted octanol–water partition coefficient (Wildman–Crippen LogP) is 8.87. The van der Waals surface area contributed by atoms with Crippen LogP contribution in [0.4, 0.5) is 10.8 Å². The van der Waals surface area contributed by atoms with Gasteiger partial charge in [-0.25, -0.2) is 4.98 Å². The van der Waals surface area contributed by atoms with Crippen LogP contribution in [0.5, 0.6) is 0 Å². The van der Waals surface area contributed by atoms with Crippen LogP contribution in [-0.2, 0) is 9.59 Å². The van der Waals surface area contributed by atoms with Crippen LogP contribution < -0.4 is 16.0 Å². The molecule has 7 nitrogen and oxygen atoms in total. The Kier molecular flexibility index (Phi) is 10.2. The van der Waals surface area contributed by atoms with E-state index in [1.807, 2.05) is 60.0 Å². The number of nitrogens with zero attached hydrogens (tertiary/aromatic N) is 1. The van der Waals surface area contributed by atoms with Crippen molar-refractivity contribution in [2.24, 2.45) is 0 Å². The van der Waals surface area contributed by atoms with E-state index in [1.165, 1.54) is 23.1 Å². The summed E-state index contributed by atoms with van der Waals surface area (Å²) in [5.74, 6) is -0.913. The Balaban J connectivity index is 1.08. The number of hydrogen-bond donors (Lipinski definition) is 3. The zero-order chi connectivity index (χ0) is 32.6. The van der Waals surface area contributed by atoms with Crippen LogP contribution in [0.15, 0.2) is 142 Å². The molecule has 3 N–H and O–H groups in total. The number of amides is 3. The number of benzene rings is 5. The Hall–Kier alpha value is -5.03. The van der Waals surface area contributed by atoms with Gasteiger partial charge in [0, 0.05) is 31.6 Å². The molecule has 6 aromatic rings. The van der Waals surface area contributed by atoms with Crippen LogP contribution in [0.2, 0.25) is 0 Å². The molecule has 0 atom stereocenters. The van der Waals surface area contributed by atoms with Gasteiger partial charge >= 0.3 is 0 Å². The maximum Gasteiger partial charge on any atom is 0.272 e. The fourth-order valence-electron chi connectivity index (χ4n) is 4.65. The Morgan fingerprint density at radius 2 is 1.55 bits per heavy atom. The molecule has 0 saturated carbocycles. The molecular formula is C37H27BrN4O3S2. The van der Waals surface area contributed by atoms with Crippen molar-refractivity contribution in [1.29, 1.82) is 0 Å². The molecule has 1 aromatic heterocycles. The highest BCUT2D eigenvalue weighted by molar-refractivity contribution is 9.10. The van der Waals surface area contributed by atoms with Gasteiger partial charge in [0.15, 0.2) is 5.13 Å². The molecule has 3 amide bonds. The van der Waals surface area contributed by atoms with Gasteiger partial charge in [-0.15, -0.1) is 23.1 Å². The molecule has 1 heterocycles. The highest BCUT2D eigenvalue weighted by atomic mass is 79.9. The van der Waals surface area contributed by atoms with Crippen molar-refractivity contribution in [2.75, 3.05) is 16.4 Å². The second-order valence-corrected chi connectivity index (χ2v) is 13.2. The van der Waals surface area contributed by atoms with E-state index in [2.05, 4.69) is 61.1 Å². The maximum atomic E-state index is 13.4. The first-order valence-electron chi connectivity index (χ1n) is 14.5. The smallest absolute Gasteiger partial charge is 0.272 e. The third kappa shape index (κ3) is 8.62. The molecule has 47 heavy (non-hydrogen) atoms. The molecular weight excluding hydrogens is 692 g/mol. The standard InChI is InChI=1S/C37H27BrN4O3S2/c38-29-17-13-24(14-18-29)19-32(40-35(44)26-8-2-1-3-9-26)36(45)39-30-11-6-12-31(21-30)46-23-34(43)42-37-41-33(22-47-37)28-16-15-25-7-4-5-10-27(25)20-28/h1-22H,23H2,(H,39,45)(H,40,44)(H,41,42,43)/b32-19-. The average molecular weight is 720 g/mol. The van der Waals surface area contributed by atoms with E-state index in [-0.39, 0.29) is 17.4 Å². The first kappa shape index (κ1) is 31.9. The number of fused-ring (bicyclic) bond motifs is 1. The summed E-state index contributed by atoms with van der Waals surface area (Å²) in [5, 5.41) is 13.3. The fourth-order valence-corrected chi connectivity index (χ4v) is 6.40. The highest BCUT2D eigenvalue weighted by Gasteiger charge is 2.16. The zero-order valence-electron chi connectivity index (χ0n) is 24.8. The topological polar surface area (TPSA) is 100 Å². The number of thiazole rings is 1. The minimum Gasteiger partial charge on any atom is -0.321 e.